The number of aryl methyl sites for hydroxylation is 2. The average Bonchev–Trinajstić information content (AvgIpc) is 2.84. The molecule has 1 aliphatic heterocycles. The van der Waals surface area contributed by atoms with Gasteiger partial charge in [0.2, 0.25) is 5.95 Å². The van der Waals surface area contributed by atoms with Gasteiger partial charge in [0.15, 0.2) is 0 Å². The number of rotatable bonds is 5. The third-order valence-electron chi connectivity index (χ3n) is 6.48. The lowest BCUT2D eigenvalue weighted by molar-refractivity contribution is 0.122. The molecule has 0 spiro atoms. The molecule has 0 bridgehead atoms. The topological polar surface area (TPSA) is 94.4 Å². The number of anilines is 2. The first kappa shape index (κ1) is 26.4. The van der Waals surface area contributed by atoms with E-state index in [0.29, 0.717) is 25.2 Å². The van der Waals surface area contributed by atoms with E-state index < -0.39 is 0 Å². The Kier molecular flexibility index (Phi) is 8.67. The SMILES string of the molecule is C.C.Cc1cnc(NC2CCC(Oc3cc(N4CCOCC4)cc4ncc(=O)n(C)c34)CC2)nc1. The molecule has 3 heterocycles. The quantitative estimate of drug-likeness (QED) is 0.584. The van der Waals surface area contributed by atoms with Crippen LogP contribution in [-0.2, 0) is 11.8 Å². The molecule has 1 saturated heterocycles. The number of hydrogen-bond acceptors (Lipinski definition) is 8. The number of benzene rings is 1. The molecule has 1 saturated carbocycles. The predicted molar refractivity (Wildman–Crippen MR) is 141 cm³/mol. The molecule has 0 radical (unpaired) electrons. The Morgan fingerprint density at radius 3 is 2.37 bits per heavy atom. The maximum absolute atomic E-state index is 12.3. The molecule has 3 aromatic rings. The van der Waals surface area contributed by atoms with Crippen molar-refractivity contribution in [1.82, 2.24) is 19.5 Å². The zero-order chi connectivity index (χ0) is 22.8. The molecule has 2 aliphatic rings. The summed E-state index contributed by atoms with van der Waals surface area (Å²) in [6, 6.07) is 4.42. The fourth-order valence-corrected chi connectivity index (χ4v) is 4.58. The molecule has 2 aromatic heterocycles. The third kappa shape index (κ3) is 5.90. The molecule has 190 valence electrons. The molecule has 1 N–H and O–H groups in total. The van der Waals surface area contributed by atoms with E-state index in [4.69, 9.17) is 9.47 Å². The second-order valence-electron chi connectivity index (χ2n) is 8.89. The Morgan fingerprint density at radius 1 is 1.00 bits per heavy atom. The molecule has 1 aromatic carbocycles. The third-order valence-corrected chi connectivity index (χ3v) is 6.48. The van der Waals surface area contributed by atoms with Crippen molar-refractivity contribution in [3.63, 3.8) is 0 Å². The van der Waals surface area contributed by atoms with Crippen molar-refractivity contribution < 1.29 is 9.47 Å². The van der Waals surface area contributed by atoms with Crippen LogP contribution in [0.5, 0.6) is 5.75 Å². The summed E-state index contributed by atoms with van der Waals surface area (Å²) in [7, 11) is 1.77. The largest absolute Gasteiger partial charge is 0.488 e. The highest BCUT2D eigenvalue weighted by atomic mass is 16.5. The molecule has 0 atom stereocenters. The number of nitrogens with one attached hydrogen (secondary N) is 1. The lowest BCUT2D eigenvalue weighted by Crippen LogP contribution is -2.36. The smallest absolute Gasteiger partial charge is 0.269 e. The summed E-state index contributed by atoms with van der Waals surface area (Å²) in [5.74, 6) is 1.40. The van der Waals surface area contributed by atoms with Crippen LogP contribution in [0.15, 0.2) is 35.5 Å². The monoisotopic (exact) mass is 482 g/mol. The number of aromatic nitrogens is 4. The number of fused-ring (bicyclic) bond motifs is 1. The van der Waals surface area contributed by atoms with Gasteiger partial charge in [-0.05, 0) is 44.2 Å². The lowest BCUT2D eigenvalue weighted by atomic mass is 9.93. The molecular formula is C26H38N6O3. The van der Waals surface area contributed by atoms with Crippen molar-refractivity contribution in [3.05, 3.63) is 46.6 Å². The number of morpholine rings is 1. The van der Waals surface area contributed by atoms with Gasteiger partial charge in [-0.15, -0.1) is 0 Å². The number of hydrogen-bond donors (Lipinski definition) is 1. The van der Waals surface area contributed by atoms with Crippen LogP contribution >= 0.6 is 0 Å². The maximum Gasteiger partial charge on any atom is 0.269 e. The molecule has 1 aliphatic carbocycles. The highest BCUT2D eigenvalue weighted by Crippen LogP contribution is 2.33. The highest BCUT2D eigenvalue weighted by Gasteiger charge is 2.25. The zero-order valence-corrected chi connectivity index (χ0v) is 19.2. The molecule has 9 heteroatoms. The minimum absolute atomic E-state index is 0. The van der Waals surface area contributed by atoms with Crippen molar-refractivity contribution in [2.45, 2.75) is 59.6 Å². The fourth-order valence-electron chi connectivity index (χ4n) is 4.58. The average molecular weight is 483 g/mol. The van der Waals surface area contributed by atoms with E-state index >= 15 is 0 Å². The minimum atomic E-state index is -0.141. The molecule has 2 fully saturated rings. The van der Waals surface area contributed by atoms with Gasteiger partial charge in [0.1, 0.15) is 11.3 Å². The van der Waals surface area contributed by atoms with E-state index in [1.807, 2.05) is 25.4 Å². The number of nitrogens with zero attached hydrogens (tertiary/aromatic N) is 5. The predicted octanol–water partition coefficient (Wildman–Crippen LogP) is 3.94. The lowest BCUT2D eigenvalue weighted by Gasteiger charge is -2.31. The van der Waals surface area contributed by atoms with Gasteiger partial charge >= 0.3 is 0 Å². The van der Waals surface area contributed by atoms with E-state index in [9.17, 15) is 4.79 Å². The van der Waals surface area contributed by atoms with Crippen LogP contribution in [0.3, 0.4) is 0 Å². The molecular weight excluding hydrogens is 444 g/mol. The van der Waals surface area contributed by atoms with Crippen molar-refractivity contribution in [2.75, 3.05) is 36.5 Å². The van der Waals surface area contributed by atoms with Crippen LogP contribution < -0.4 is 20.5 Å². The highest BCUT2D eigenvalue weighted by molar-refractivity contribution is 5.85. The first-order chi connectivity index (χ1) is 16.1. The Morgan fingerprint density at radius 2 is 1.69 bits per heavy atom. The van der Waals surface area contributed by atoms with Crippen molar-refractivity contribution >= 4 is 22.7 Å². The van der Waals surface area contributed by atoms with E-state index in [0.717, 1.165) is 66.8 Å². The summed E-state index contributed by atoms with van der Waals surface area (Å²) >= 11 is 0. The van der Waals surface area contributed by atoms with Gasteiger partial charge in [-0.2, -0.15) is 0 Å². The zero-order valence-electron chi connectivity index (χ0n) is 19.2. The van der Waals surface area contributed by atoms with Crippen LogP contribution in [0.4, 0.5) is 11.6 Å². The summed E-state index contributed by atoms with van der Waals surface area (Å²) in [5.41, 5.74) is 3.47. The summed E-state index contributed by atoms with van der Waals surface area (Å²) in [4.78, 5) is 27.7. The van der Waals surface area contributed by atoms with Crippen LogP contribution in [0.25, 0.3) is 11.0 Å². The standard InChI is InChI=1S/C24H30N6O3.2CH4/c1-16-13-26-24(27-14-16)28-17-3-5-19(6-4-17)33-21-12-18(30-7-9-32-10-8-30)11-20-23(21)29(2)22(31)15-25-20;;/h11-15,17,19H,3-10H2,1-2H3,(H,26,27,28);2*1H4. The van der Waals surface area contributed by atoms with Crippen LogP contribution in [0.2, 0.25) is 0 Å². The van der Waals surface area contributed by atoms with Gasteiger partial charge in [0, 0.05) is 50.3 Å². The normalized spacial score (nSPS) is 20.0. The Bertz CT molecular complexity index is 1170. The van der Waals surface area contributed by atoms with Gasteiger partial charge in [-0.3, -0.25) is 4.79 Å². The molecule has 35 heavy (non-hydrogen) atoms. The van der Waals surface area contributed by atoms with Crippen LogP contribution in [-0.4, -0.2) is 58.0 Å². The van der Waals surface area contributed by atoms with Gasteiger partial charge in [-0.1, -0.05) is 14.9 Å². The van der Waals surface area contributed by atoms with E-state index in [1.54, 1.807) is 11.6 Å². The van der Waals surface area contributed by atoms with Crippen molar-refractivity contribution in [1.29, 1.82) is 0 Å². The van der Waals surface area contributed by atoms with Crippen molar-refractivity contribution in [3.8, 4) is 5.75 Å². The van der Waals surface area contributed by atoms with Gasteiger partial charge in [0.05, 0.1) is 31.0 Å². The minimum Gasteiger partial charge on any atom is -0.488 e. The fraction of sp³-hybridized carbons (Fsp3) is 0.538. The molecule has 0 amide bonds. The summed E-state index contributed by atoms with van der Waals surface area (Å²) < 4.78 is 13.7. The Hall–Kier alpha value is -3.20. The first-order valence-electron chi connectivity index (χ1n) is 11.6. The van der Waals surface area contributed by atoms with E-state index in [2.05, 4.69) is 31.2 Å². The van der Waals surface area contributed by atoms with Crippen molar-refractivity contribution in [2.24, 2.45) is 7.05 Å². The summed E-state index contributed by atoms with van der Waals surface area (Å²) in [6.07, 6.45) is 8.89. The summed E-state index contributed by atoms with van der Waals surface area (Å²) in [6.45, 7) is 5.05. The van der Waals surface area contributed by atoms with Gasteiger partial charge < -0.3 is 24.3 Å². The molecule has 5 rings (SSSR count). The Balaban J connectivity index is 0.00000171. The number of ether oxygens (including phenoxy) is 2. The first-order valence-corrected chi connectivity index (χ1v) is 11.6. The Labute approximate surface area is 207 Å². The second-order valence-corrected chi connectivity index (χ2v) is 8.89. The van der Waals surface area contributed by atoms with Crippen LogP contribution in [0.1, 0.15) is 46.1 Å². The maximum atomic E-state index is 12.3. The van der Waals surface area contributed by atoms with E-state index in [-0.39, 0.29) is 26.5 Å². The molecule has 9 nitrogen and oxygen atoms in total. The van der Waals surface area contributed by atoms with Gasteiger partial charge in [0.25, 0.3) is 5.56 Å². The second kappa shape index (κ2) is 11.5. The summed E-state index contributed by atoms with van der Waals surface area (Å²) in [5, 5.41) is 3.44. The van der Waals surface area contributed by atoms with Crippen LogP contribution in [0, 0.1) is 6.92 Å². The molecule has 0 unspecified atom stereocenters. The van der Waals surface area contributed by atoms with E-state index in [1.165, 1.54) is 6.20 Å². The van der Waals surface area contributed by atoms with Gasteiger partial charge in [-0.25, -0.2) is 15.0 Å².